The molecular weight excluding hydrogens is 206 g/mol. The fraction of sp³-hybridized carbons (Fsp3) is 0. The van der Waals surface area contributed by atoms with Gasteiger partial charge < -0.3 is 9.94 Å². The summed E-state index contributed by atoms with van der Waals surface area (Å²) in [5.74, 6) is 0. The zero-order valence-corrected chi connectivity index (χ0v) is 7.21. The van der Waals surface area contributed by atoms with Crippen LogP contribution in [0.5, 0.6) is 0 Å². The van der Waals surface area contributed by atoms with Gasteiger partial charge in [0.25, 0.3) is 0 Å². The molecule has 3 heteroatoms. The molecule has 0 radical (unpaired) electrons. The number of fused-ring (bicyclic) bond motifs is 1. The Morgan fingerprint density at radius 1 is 1.27 bits per heavy atom. The molecule has 0 aliphatic heterocycles. The van der Waals surface area contributed by atoms with Gasteiger partial charge in [-0.25, -0.2) is 0 Å². The maximum atomic E-state index is 11.0. The van der Waals surface area contributed by atoms with Crippen LogP contribution in [0.15, 0.2) is 34.9 Å². The first-order valence-electron chi connectivity index (χ1n) is 3.21. The van der Waals surface area contributed by atoms with Crippen LogP contribution in [0, 0.1) is 5.21 Å². The van der Waals surface area contributed by atoms with Crippen LogP contribution in [0.1, 0.15) is 0 Å². The number of hydrogen-bond donors (Lipinski definition) is 0. The topological polar surface area (TPSA) is 28.0 Å². The molecule has 0 saturated heterocycles. The van der Waals surface area contributed by atoms with E-state index in [-0.39, 0.29) is 0 Å². The Kier molecular flexibility index (Phi) is 1.39. The summed E-state index contributed by atoms with van der Waals surface area (Å²) in [5.41, 5.74) is 0.716. The predicted octanol–water partition coefficient (Wildman–Crippen LogP) is 2.75. The van der Waals surface area contributed by atoms with Crippen molar-refractivity contribution in [1.82, 2.24) is 4.73 Å². The lowest BCUT2D eigenvalue weighted by molar-refractivity contribution is 1.16. The van der Waals surface area contributed by atoms with Gasteiger partial charge in [0.1, 0.15) is 0 Å². The Morgan fingerprint density at radius 3 is 2.91 bits per heavy atom. The third-order valence-corrected chi connectivity index (χ3v) is 2.11. The van der Waals surface area contributed by atoms with Gasteiger partial charge in [-0.3, -0.25) is 0 Å². The van der Waals surface area contributed by atoms with Crippen molar-refractivity contribution < 1.29 is 0 Å². The average Bonchev–Trinajstić information content (AvgIpc) is 2.32. The molecule has 0 fully saturated rings. The van der Waals surface area contributed by atoms with E-state index in [4.69, 9.17) is 0 Å². The van der Waals surface area contributed by atoms with E-state index >= 15 is 0 Å². The number of halogens is 1. The van der Waals surface area contributed by atoms with Crippen molar-refractivity contribution in [3.05, 3.63) is 40.1 Å². The van der Waals surface area contributed by atoms with Gasteiger partial charge in [0.05, 0.1) is 0 Å². The van der Waals surface area contributed by atoms with Crippen LogP contribution in [0.2, 0.25) is 0 Å². The van der Waals surface area contributed by atoms with Crippen molar-refractivity contribution in [2.75, 3.05) is 0 Å². The summed E-state index contributed by atoms with van der Waals surface area (Å²) in [6.45, 7) is 0. The van der Waals surface area contributed by atoms with Crippen molar-refractivity contribution >= 4 is 26.8 Å². The molecule has 0 N–H and O–H groups in total. The van der Waals surface area contributed by atoms with E-state index in [9.17, 15) is 5.21 Å². The van der Waals surface area contributed by atoms with E-state index in [0.717, 1.165) is 14.6 Å². The Bertz CT molecular complexity index is 394. The summed E-state index contributed by atoms with van der Waals surface area (Å²) in [5, 5.41) is 12.0. The highest BCUT2D eigenvalue weighted by Gasteiger charge is 1.94. The number of hydrogen-bond acceptors (Lipinski definition) is 1. The molecule has 56 valence electrons. The smallest absolute Gasteiger partial charge is 0.0433 e. The predicted molar refractivity (Wildman–Crippen MR) is 48.4 cm³/mol. The van der Waals surface area contributed by atoms with Crippen molar-refractivity contribution in [2.24, 2.45) is 0 Å². The minimum absolute atomic E-state index is 0.716. The third kappa shape index (κ3) is 1.01. The molecule has 0 unspecified atom stereocenters. The van der Waals surface area contributed by atoms with Gasteiger partial charge in [-0.1, -0.05) is 15.9 Å². The molecule has 0 aliphatic rings. The van der Waals surface area contributed by atoms with Crippen LogP contribution in [0.25, 0.3) is 10.9 Å². The largest absolute Gasteiger partial charge is 0.806 e. The molecule has 1 aromatic heterocycles. The zero-order valence-electron chi connectivity index (χ0n) is 5.62. The normalized spacial score (nSPS) is 10.6. The monoisotopic (exact) mass is 210 g/mol. The van der Waals surface area contributed by atoms with Crippen LogP contribution in [0.3, 0.4) is 0 Å². The van der Waals surface area contributed by atoms with Gasteiger partial charge in [0.2, 0.25) is 0 Å². The highest BCUT2D eigenvalue weighted by Crippen LogP contribution is 2.19. The Morgan fingerprint density at radius 2 is 2.09 bits per heavy atom. The van der Waals surface area contributed by atoms with Gasteiger partial charge in [-0.05, 0) is 30.5 Å². The third-order valence-electron chi connectivity index (χ3n) is 1.62. The van der Waals surface area contributed by atoms with E-state index in [2.05, 4.69) is 15.9 Å². The summed E-state index contributed by atoms with van der Waals surface area (Å²) in [7, 11) is 0. The summed E-state index contributed by atoms with van der Waals surface area (Å²) in [6, 6.07) is 7.37. The SMILES string of the molecule is [O-]n1ccc2cc(Br)ccc21. The lowest BCUT2D eigenvalue weighted by Crippen LogP contribution is -1.79. The summed E-state index contributed by atoms with van der Waals surface area (Å²) < 4.78 is 1.86. The van der Waals surface area contributed by atoms with Gasteiger partial charge >= 0.3 is 0 Å². The lowest BCUT2D eigenvalue weighted by atomic mass is 10.3. The summed E-state index contributed by atoms with van der Waals surface area (Å²) in [4.78, 5) is 0. The summed E-state index contributed by atoms with van der Waals surface area (Å²) >= 11 is 3.33. The quantitative estimate of drug-likeness (QED) is 0.658. The van der Waals surface area contributed by atoms with Crippen LogP contribution >= 0.6 is 15.9 Å². The Balaban J connectivity index is 2.86. The maximum absolute atomic E-state index is 11.0. The highest BCUT2D eigenvalue weighted by atomic mass is 79.9. The van der Waals surface area contributed by atoms with E-state index < -0.39 is 0 Å². The molecule has 0 spiro atoms. The van der Waals surface area contributed by atoms with Crippen molar-refractivity contribution in [2.45, 2.75) is 0 Å². The summed E-state index contributed by atoms with van der Waals surface area (Å²) in [6.07, 6.45) is 1.51. The first-order valence-corrected chi connectivity index (χ1v) is 4.01. The van der Waals surface area contributed by atoms with Gasteiger partial charge in [0, 0.05) is 15.4 Å². The molecule has 0 saturated carbocycles. The first-order chi connectivity index (χ1) is 5.27. The van der Waals surface area contributed by atoms with Crippen LogP contribution in [0.4, 0.5) is 0 Å². The fourth-order valence-electron chi connectivity index (χ4n) is 1.09. The molecule has 1 aromatic carbocycles. The highest BCUT2D eigenvalue weighted by molar-refractivity contribution is 9.10. The van der Waals surface area contributed by atoms with Gasteiger partial charge in [-0.2, -0.15) is 0 Å². The second kappa shape index (κ2) is 2.27. The number of rotatable bonds is 0. The standard InChI is InChI=1S/C8H5BrNO/c9-7-1-2-8-6(5-7)3-4-10(8)11/h1-5H/q-1. The fourth-order valence-corrected chi connectivity index (χ4v) is 1.47. The van der Waals surface area contributed by atoms with Crippen molar-refractivity contribution in [3.8, 4) is 0 Å². The van der Waals surface area contributed by atoms with Crippen LogP contribution in [-0.2, 0) is 0 Å². The molecule has 0 amide bonds. The minimum Gasteiger partial charge on any atom is -0.806 e. The number of benzene rings is 1. The minimum atomic E-state index is 0.716. The second-order valence-corrected chi connectivity index (χ2v) is 3.26. The number of aromatic nitrogens is 1. The van der Waals surface area contributed by atoms with E-state index in [1.54, 1.807) is 12.1 Å². The molecule has 0 atom stereocenters. The van der Waals surface area contributed by atoms with E-state index in [1.165, 1.54) is 6.20 Å². The maximum Gasteiger partial charge on any atom is 0.0433 e. The van der Waals surface area contributed by atoms with Crippen LogP contribution in [-0.4, -0.2) is 4.73 Å². The molecule has 2 rings (SSSR count). The molecule has 11 heavy (non-hydrogen) atoms. The Hall–Kier alpha value is -0.960. The number of nitrogens with zero attached hydrogens (tertiary/aromatic N) is 1. The lowest BCUT2D eigenvalue weighted by Gasteiger charge is -2.06. The molecule has 2 nitrogen and oxygen atoms in total. The second-order valence-electron chi connectivity index (χ2n) is 2.34. The average molecular weight is 211 g/mol. The molecule has 2 aromatic rings. The van der Waals surface area contributed by atoms with Gasteiger partial charge in [-0.15, -0.1) is 0 Å². The van der Waals surface area contributed by atoms with E-state index in [0.29, 0.717) is 5.52 Å². The zero-order chi connectivity index (χ0) is 7.84. The molecule has 0 bridgehead atoms. The Labute approximate surface area is 72.1 Å². The molecule has 0 aliphatic carbocycles. The van der Waals surface area contributed by atoms with Crippen molar-refractivity contribution in [1.29, 1.82) is 0 Å². The first kappa shape index (κ1) is 6.73. The van der Waals surface area contributed by atoms with Gasteiger partial charge in [0.15, 0.2) is 0 Å². The van der Waals surface area contributed by atoms with E-state index in [1.807, 2.05) is 12.1 Å². The molecular formula is C8H5BrNO-. The van der Waals surface area contributed by atoms with Crippen molar-refractivity contribution in [3.63, 3.8) is 0 Å². The molecule has 1 heterocycles. The van der Waals surface area contributed by atoms with Crippen LogP contribution < -0.4 is 0 Å².